The Balaban J connectivity index is 1.64. The van der Waals surface area contributed by atoms with Crippen LogP contribution in [-0.4, -0.2) is 14.9 Å². The summed E-state index contributed by atoms with van der Waals surface area (Å²) in [6, 6.07) is 6.49. The Morgan fingerprint density at radius 2 is 2.28 bits per heavy atom. The van der Waals surface area contributed by atoms with E-state index in [2.05, 4.69) is 16.9 Å². The number of aryl methyl sites for hydroxylation is 1. The van der Waals surface area contributed by atoms with E-state index in [1.807, 2.05) is 6.07 Å². The van der Waals surface area contributed by atoms with Gasteiger partial charge >= 0.3 is 0 Å². The average molecular weight is 355 g/mol. The van der Waals surface area contributed by atoms with Crippen LogP contribution in [0.1, 0.15) is 29.3 Å². The van der Waals surface area contributed by atoms with Crippen molar-refractivity contribution in [1.29, 1.82) is 0 Å². The molecule has 0 N–H and O–H groups in total. The summed E-state index contributed by atoms with van der Waals surface area (Å²) in [6.07, 6.45) is 4.80. The van der Waals surface area contributed by atoms with Crippen molar-refractivity contribution in [2.45, 2.75) is 32.8 Å². The number of thiophene rings is 1. The molecule has 0 saturated carbocycles. The molecular formula is C18H17N3O3S. The molecular weight excluding hydrogens is 338 g/mol. The molecule has 0 spiro atoms. The van der Waals surface area contributed by atoms with Gasteiger partial charge in [0.05, 0.1) is 10.3 Å². The van der Waals surface area contributed by atoms with Crippen LogP contribution < -0.4 is 4.74 Å². The van der Waals surface area contributed by atoms with E-state index in [1.54, 1.807) is 17.4 Å². The number of fused-ring (bicyclic) bond motifs is 3. The molecule has 128 valence electrons. The van der Waals surface area contributed by atoms with Gasteiger partial charge in [-0.25, -0.2) is 9.97 Å². The predicted molar refractivity (Wildman–Crippen MR) is 96.0 cm³/mol. The van der Waals surface area contributed by atoms with Crippen molar-refractivity contribution in [2.24, 2.45) is 5.92 Å². The molecule has 0 amide bonds. The molecule has 0 unspecified atom stereocenters. The van der Waals surface area contributed by atoms with Gasteiger partial charge in [-0.15, -0.1) is 11.3 Å². The lowest BCUT2D eigenvalue weighted by Gasteiger charge is -2.18. The van der Waals surface area contributed by atoms with E-state index in [9.17, 15) is 10.1 Å². The molecule has 0 aliphatic heterocycles. The smallest absolute Gasteiger partial charge is 0.269 e. The predicted octanol–water partition coefficient (Wildman–Crippen LogP) is 4.30. The Hall–Kier alpha value is -2.54. The number of hydrogen-bond donors (Lipinski definition) is 0. The van der Waals surface area contributed by atoms with Crippen LogP contribution in [-0.2, 0) is 19.4 Å². The zero-order valence-electron chi connectivity index (χ0n) is 13.8. The SMILES string of the molecule is C[C@@H]1CCc2c(sc3ncnc(OCc4cccc([N+](=O)[O-])c4)c23)C1. The first-order valence-electron chi connectivity index (χ1n) is 8.23. The Morgan fingerprint density at radius 1 is 1.40 bits per heavy atom. The molecule has 2 heterocycles. The normalized spacial score (nSPS) is 16.6. The Kier molecular flexibility index (Phi) is 4.09. The summed E-state index contributed by atoms with van der Waals surface area (Å²) in [5, 5.41) is 11.9. The molecule has 3 aromatic rings. The summed E-state index contributed by atoms with van der Waals surface area (Å²) >= 11 is 1.73. The third kappa shape index (κ3) is 3.07. The Bertz CT molecular complexity index is 954. The Labute approximate surface area is 148 Å². The van der Waals surface area contributed by atoms with Crippen molar-refractivity contribution in [3.63, 3.8) is 0 Å². The topological polar surface area (TPSA) is 78.2 Å². The lowest BCUT2D eigenvalue weighted by molar-refractivity contribution is -0.384. The highest BCUT2D eigenvalue weighted by molar-refractivity contribution is 7.18. The number of benzene rings is 1. The number of hydrogen-bond acceptors (Lipinski definition) is 6. The van der Waals surface area contributed by atoms with E-state index in [-0.39, 0.29) is 12.3 Å². The number of rotatable bonds is 4. The van der Waals surface area contributed by atoms with Gasteiger partial charge < -0.3 is 4.74 Å². The van der Waals surface area contributed by atoms with Crippen LogP contribution in [0, 0.1) is 16.0 Å². The fourth-order valence-electron chi connectivity index (χ4n) is 3.27. The zero-order valence-corrected chi connectivity index (χ0v) is 14.6. The van der Waals surface area contributed by atoms with Crippen LogP contribution in [0.5, 0.6) is 5.88 Å². The van der Waals surface area contributed by atoms with E-state index in [0.717, 1.165) is 35.0 Å². The molecule has 2 aromatic heterocycles. The lowest BCUT2D eigenvalue weighted by Crippen LogP contribution is -2.09. The standard InChI is InChI=1S/C18H17N3O3S/c1-11-5-6-14-15(7-11)25-18-16(14)17(19-10-20-18)24-9-12-3-2-4-13(8-12)21(22)23/h2-4,8,10-11H,5-7,9H2,1H3/t11-/m1/s1. The number of nitro benzene ring substituents is 1. The van der Waals surface area contributed by atoms with Crippen LogP contribution in [0.2, 0.25) is 0 Å². The van der Waals surface area contributed by atoms with Gasteiger partial charge in [0.2, 0.25) is 5.88 Å². The molecule has 1 atom stereocenters. The van der Waals surface area contributed by atoms with Gasteiger partial charge in [0, 0.05) is 17.0 Å². The summed E-state index contributed by atoms with van der Waals surface area (Å²) in [5.41, 5.74) is 2.13. The first-order chi connectivity index (χ1) is 12.1. The highest BCUT2D eigenvalue weighted by atomic mass is 32.1. The van der Waals surface area contributed by atoms with Gasteiger partial charge in [-0.3, -0.25) is 10.1 Å². The molecule has 0 fully saturated rings. The van der Waals surface area contributed by atoms with Crippen LogP contribution in [0.3, 0.4) is 0 Å². The van der Waals surface area contributed by atoms with Crippen LogP contribution in [0.4, 0.5) is 5.69 Å². The molecule has 0 bridgehead atoms. The second kappa shape index (κ2) is 6.40. The molecule has 0 saturated heterocycles. The zero-order chi connectivity index (χ0) is 17.4. The maximum atomic E-state index is 10.9. The average Bonchev–Trinajstić information content (AvgIpc) is 2.98. The highest BCUT2D eigenvalue weighted by Gasteiger charge is 2.23. The molecule has 7 heteroatoms. The van der Waals surface area contributed by atoms with Gasteiger partial charge in [-0.1, -0.05) is 19.1 Å². The van der Waals surface area contributed by atoms with E-state index in [1.165, 1.54) is 28.9 Å². The van der Waals surface area contributed by atoms with Crippen LogP contribution >= 0.6 is 11.3 Å². The highest BCUT2D eigenvalue weighted by Crippen LogP contribution is 2.40. The van der Waals surface area contributed by atoms with Gasteiger partial charge in [0.1, 0.15) is 17.8 Å². The third-order valence-electron chi connectivity index (χ3n) is 4.55. The fraction of sp³-hybridized carbons (Fsp3) is 0.333. The van der Waals surface area contributed by atoms with E-state index in [0.29, 0.717) is 11.8 Å². The van der Waals surface area contributed by atoms with Crippen molar-refractivity contribution in [1.82, 2.24) is 9.97 Å². The fourth-order valence-corrected chi connectivity index (χ4v) is 4.61. The summed E-state index contributed by atoms with van der Waals surface area (Å²) < 4.78 is 5.92. The van der Waals surface area contributed by atoms with Crippen LogP contribution in [0.25, 0.3) is 10.2 Å². The number of nitro groups is 1. The van der Waals surface area contributed by atoms with E-state index >= 15 is 0 Å². The maximum absolute atomic E-state index is 10.9. The summed E-state index contributed by atoms with van der Waals surface area (Å²) in [7, 11) is 0. The second-order valence-corrected chi connectivity index (χ2v) is 7.51. The third-order valence-corrected chi connectivity index (χ3v) is 5.72. The summed E-state index contributed by atoms with van der Waals surface area (Å²) in [5.74, 6) is 1.27. The van der Waals surface area contributed by atoms with Gasteiger partial charge in [-0.2, -0.15) is 0 Å². The van der Waals surface area contributed by atoms with Crippen molar-refractivity contribution in [3.05, 3.63) is 56.7 Å². The molecule has 6 nitrogen and oxygen atoms in total. The maximum Gasteiger partial charge on any atom is 0.269 e. The first-order valence-corrected chi connectivity index (χ1v) is 9.05. The van der Waals surface area contributed by atoms with Gasteiger partial charge in [-0.05, 0) is 36.3 Å². The van der Waals surface area contributed by atoms with E-state index < -0.39 is 4.92 Å². The van der Waals surface area contributed by atoms with Gasteiger partial charge in [0.25, 0.3) is 5.69 Å². The molecule has 1 aliphatic carbocycles. The quantitative estimate of drug-likeness (QED) is 0.515. The van der Waals surface area contributed by atoms with Gasteiger partial charge in [0.15, 0.2) is 0 Å². The van der Waals surface area contributed by atoms with Crippen molar-refractivity contribution in [2.75, 3.05) is 0 Å². The number of non-ortho nitro benzene ring substituents is 1. The first kappa shape index (κ1) is 16.0. The number of nitrogens with zero attached hydrogens (tertiary/aromatic N) is 3. The lowest BCUT2D eigenvalue weighted by atomic mass is 9.89. The second-order valence-electron chi connectivity index (χ2n) is 6.43. The van der Waals surface area contributed by atoms with Crippen molar-refractivity contribution >= 4 is 27.2 Å². The van der Waals surface area contributed by atoms with Crippen LogP contribution in [0.15, 0.2) is 30.6 Å². The number of aromatic nitrogens is 2. The Morgan fingerprint density at radius 3 is 3.12 bits per heavy atom. The molecule has 4 rings (SSSR count). The van der Waals surface area contributed by atoms with Crippen molar-refractivity contribution < 1.29 is 9.66 Å². The number of ether oxygens (including phenoxy) is 1. The van der Waals surface area contributed by atoms with Crippen molar-refractivity contribution in [3.8, 4) is 5.88 Å². The molecule has 0 radical (unpaired) electrons. The summed E-state index contributed by atoms with van der Waals surface area (Å²) in [4.78, 5) is 21.6. The molecule has 1 aromatic carbocycles. The minimum absolute atomic E-state index is 0.0656. The molecule has 1 aliphatic rings. The minimum Gasteiger partial charge on any atom is -0.472 e. The summed E-state index contributed by atoms with van der Waals surface area (Å²) in [6.45, 7) is 2.52. The minimum atomic E-state index is -0.400. The monoisotopic (exact) mass is 355 g/mol. The van der Waals surface area contributed by atoms with E-state index in [4.69, 9.17) is 4.74 Å². The molecule has 25 heavy (non-hydrogen) atoms. The largest absolute Gasteiger partial charge is 0.472 e.